The Morgan fingerprint density at radius 1 is 1.08 bits per heavy atom. The van der Waals surface area contributed by atoms with Gasteiger partial charge in [0.25, 0.3) is 0 Å². The molecular weight excluding hydrogens is 152 g/mol. The largest absolute Gasteiger partial charge is 0.290 e. The van der Waals surface area contributed by atoms with Crippen molar-refractivity contribution in [3.05, 3.63) is 23.3 Å². The Kier molecular flexibility index (Phi) is 2.27. The van der Waals surface area contributed by atoms with E-state index in [9.17, 15) is 9.59 Å². The van der Waals surface area contributed by atoms with Gasteiger partial charge in [-0.3, -0.25) is 9.59 Å². The van der Waals surface area contributed by atoms with Gasteiger partial charge in [0.2, 0.25) is 0 Å². The molecule has 2 nitrogen and oxygen atoms in total. The molecule has 0 N–H and O–H groups in total. The van der Waals surface area contributed by atoms with Crippen molar-refractivity contribution in [2.24, 2.45) is 5.92 Å². The predicted molar refractivity (Wildman–Crippen MR) is 46.7 cm³/mol. The summed E-state index contributed by atoms with van der Waals surface area (Å²) in [6.45, 7) is 5.55. The van der Waals surface area contributed by atoms with Crippen molar-refractivity contribution < 1.29 is 9.59 Å². The van der Waals surface area contributed by atoms with Crippen molar-refractivity contribution in [1.29, 1.82) is 0 Å². The lowest BCUT2D eigenvalue weighted by atomic mass is 9.88. The van der Waals surface area contributed by atoms with Gasteiger partial charge in [0.05, 0.1) is 0 Å². The monoisotopic (exact) mass is 164 g/mol. The van der Waals surface area contributed by atoms with Crippen LogP contribution < -0.4 is 0 Å². The number of rotatable bonds is 1. The van der Waals surface area contributed by atoms with E-state index in [1.165, 1.54) is 12.2 Å². The maximum Gasteiger partial charge on any atom is 0.182 e. The Morgan fingerprint density at radius 3 is 2.00 bits per heavy atom. The Hall–Kier alpha value is -1.18. The summed E-state index contributed by atoms with van der Waals surface area (Å²) in [5, 5.41) is 0. The highest BCUT2D eigenvalue weighted by molar-refractivity contribution is 6.19. The highest BCUT2D eigenvalue weighted by atomic mass is 16.1. The molecule has 0 radical (unpaired) electrons. The van der Waals surface area contributed by atoms with Crippen LogP contribution in [-0.2, 0) is 9.59 Å². The molecule has 0 atom stereocenters. The molecule has 1 rings (SSSR count). The zero-order chi connectivity index (χ0) is 9.30. The first kappa shape index (κ1) is 8.91. The summed E-state index contributed by atoms with van der Waals surface area (Å²) < 4.78 is 0. The van der Waals surface area contributed by atoms with Crippen molar-refractivity contribution >= 4 is 11.6 Å². The van der Waals surface area contributed by atoms with E-state index < -0.39 is 0 Å². The zero-order valence-corrected chi connectivity index (χ0v) is 7.55. The van der Waals surface area contributed by atoms with Crippen LogP contribution in [-0.4, -0.2) is 11.6 Å². The first-order valence-electron chi connectivity index (χ1n) is 4.01. The molecule has 0 bridgehead atoms. The molecule has 64 valence electrons. The van der Waals surface area contributed by atoms with Gasteiger partial charge in [0.1, 0.15) is 0 Å². The number of carbonyl (C=O) groups is 2. The van der Waals surface area contributed by atoms with Gasteiger partial charge in [-0.15, -0.1) is 0 Å². The Balaban J connectivity index is 3.15. The summed E-state index contributed by atoms with van der Waals surface area (Å²) in [6.07, 6.45) is 2.69. The SMILES string of the molecule is CC1=C(C(C)C)C(=O)C=CC1=O. The molecule has 0 saturated carbocycles. The number of ketones is 2. The molecule has 0 saturated heterocycles. The van der Waals surface area contributed by atoms with Gasteiger partial charge in [0.15, 0.2) is 11.6 Å². The molecule has 0 aromatic carbocycles. The predicted octanol–water partition coefficient (Wildman–Crippen LogP) is 1.67. The second kappa shape index (κ2) is 3.05. The van der Waals surface area contributed by atoms with Crippen LogP contribution in [0.25, 0.3) is 0 Å². The van der Waals surface area contributed by atoms with E-state index in [0.717, 1.165) is 0 Å². The van der Waals surface area contributed by atoms with Gasteiger partial charge in [-0.25, -0.2) is 0 Å². The first-order chi connectivity index (χ1) is 5.54. The Labute approximate surface area is 72.0 Å². The third-order valence-corrected chi connectivity index (χ3v) is 2.00. The van der Waals surface area contributed by atoms with Gasteiger partial charge in [0, 0.05) is 11.1 Å². The summed E-state index contributed by atoms with van der Waals surface area (Å²) in [6, 6.07) is 0. The average molecular weight is 164 g/mol. The standard InChI is InChI=1S/C10H12O2/c1-6(2)10-7(3)8(11)4-5-9(10)12/h4-6H,1-3H3. The molecule has 0 amide bonds. The second-order valence-electron chi connectivity index (χ2n) is 3.26. The van der Waals surface area contributed by atoms with E-state index in [2.05, 4.69) is 0 Å². The van der Waals surface area contributed by atoms with Crippen molar-refractivity contribution in [3.63, 3.8) is 0 Å². The molecule has 0 aliphatic heterocycles. The molecule has 0 heterocycles. The van der Waals surface area contributed by atoms with E-state index in [1.54, 1.807) is 6.92 Å². The molecule has 0 fully saturated rings. The highest BCUT2D eigenvalue weighted by Crippen LogP contribution is 2.20. The molecule has 0 unspecified atom stereocenters. The smallest absolute Gasteiger partial charge is 0.182 e. The van der Waals surface area contributed by atoms with Crippen LogP contribution in [0.15, 0.2) is 23.3 Å². The molecule has 1 aliphatic carbocycles. The third kappa shape index (κ3) is 1.37. The minimum absolute atomic E-state index is 0.0258. The number of hydrogen-bond acceptors (Lipinski definition) is 2. The fourth-order valence-corrected chi connectivity index (χ4v) is 1.40. The lowest BCUT2D eigenvalue weighted by molar-refractivity contribution is -0.115. The maximum absolute atomic E-state index is 11.3. The normalized spacial score (nSPS) is 18.0. The summed E-state index contributed by atoms with van der Waals surface area (Å²) in [5.41, 5.74) is 1.25. The van der Waals surface area contributed by atoms with E-state index >= 15 is 0 Å². The summed E-state index contributed by atoms with van der Waals surface area (Å²) in [4.78, 5) is 22.5. The molecular formula is C10H12O2. The molecule has 0 aromatic heterocycles. The van der Waals surface area contributed by atoms with Gasteiger partial charge in [-0.1, -0.05) is 13.8 Å². The Bertz CT molecular complexity index is 293. The zero-order valence-electron chi connectivity index (χ0n) is 7.55. The van der Waals surface area contributed by atoms with E-state index in [4.69, 9.17) is 0 Å². The van der Waals surface area contributed by atoms with Gasteiger partial charge in [-0.2, -0.15) is 0 Å². The lowest BCUT2D eigenvalue weighted by Crippen LogP contribution is -2.16. The number of allylic oxidation sites excluding steroid dienone is 4. The van der Waals surface area contributed by atoms with Crippen LogP contribution in [0.4, 0.5) is 0 Å². The minimum atomic E-state index is -0.0432. The molecule has 0 spiro atoms. The quantitative estimate of drug-likeness (QED) is 0.552. The van der Waals surface area contributed by atoms with Crippen molar-refractivity contribution in [2.75, 3.05) is 0 Å². The van der Waals surface area contributed by atoms with Crippen LogP contribution in [0.5, 0.6) is 0 Å². The van der Waals surface area contributed by atoms with E-state index in [-0.39, 0.29) is 17.5 Å². The molecule has 2 heteroatoms. The van der Waals surface area contributed by atoms with Crippen molar-refractivity contribution in [2.45, 2.75) is 20.8 Å². The van der Waals surface area contributed by atoms with Crippen LogP contribution >= 0.6 is 0 Å². The van der Waals surface area contributed by atoms with Gasteiger partial charge in [-0.05, 0) is 25.0 Å². The fourth-order valence-electron chi connectivity index (χ4n) is 1.40. The van der Waals surface area contributed by atoms with E-state index in [1.807, 2.05) is 13.8 Å². The van der Waals surface area contributed by atoms with Crippen molar-refractivity contribution in [3.8, 4) is 0 Å². The number of carbonyl (C=O) groups excluding carboxylic acids is 2. The third-order valence-electron chi connectivity index (χ3n) is 2.00. The van der Waals surface area contributed by atoms with E-state index in [0.29, 0.717) is 11.1 Å². The second-order valence-corrected chi connectivity index (χ2v) is 3.26. The summed E-state index contributed by atoms with van der Waals surface area (Å²) in [7, 11) is 0. The molecule has 12 heavy (non-hydrogen) atoms. The average Bonchev–Trinajstić information content (AvgIpc) is 1.97. The first-order valence-corrected chi connectivity index (χ1v) is 4.01. The van der Waals surface area contributed by atoms with Crippen LogP contribution in [0.1, 0.15) is 20.8 Å². The lowest BCUT2D eigenvalue weighted by Gasteiger charge is -2.14. The van der Waals surface area contributed by atoms with Gasteiger partial charge < -0.3 is 0 Å². The van der Waals surface area contributed by atoms with Gasteiger partial charge >= 0.3 is 0 Å². The number of hydrogen-bond donors (Lipinski definition) is 0. The summed E-state index contributed by atoms with van der Waals surface area (Å²) in [5.74, 6) is 0.0619. The van der Waals surface area contributed by atoms with Crippen molar-refractivity contribution in [1.82, 2.24) is 0 Å². The van der Waals surface area contributed by atoms with Crippen LogP contribution in [0, 0.1) is 5.92 Å². The van der Waals surface area contributed by atoms with Crippen LogP contribution in [0.2, 0.25) is 0 Å². The summed E-state index contributed by atoms with van der Waals surface area (Å²) >= 11 is 0. The fraction of sp³-hybridized carbons (Fsp3) is 0.400. The molecule has 1 aliphatic rings. The molecule has 0 aromatic rings. The maximum atomic E-state index is 11.3. The highest BCUT2D eigenvalue weighted by Gasteiger charge is 2.20. The Morgan fingerprint density at radius 2 is 1.58 bits per heavy atom. The minimum Gasteiger partial charge on any atom is -0.290 e. The van der Waals surface area contributed by atoms with Crippen LogP contribution in [0.3, 0.4) is 0 Å². The topological polar surface area (TPSA) is 34.1 Å².